The maximum Gasteiger partial charge on any atom is 0.242 e. The summed E-state index contributed by atoms with van der Waals surface area (Å²) in [7, 11) is 0. The molecule has 0 saturated carbocycles. The van der Waals surface area contributed by atoms with E-state index in [-0.39, 0.29) is 5.91 Å². The molecule has 2 aromatic rings. The van der Waals surface area contributed by atoms with Crippen molar-refractivity contribution in [3.8, 4) is 0 Å². The van der Waals surface area contributed by atoms with Crippen LogP contribution < -0.4 is 0 Å². The standard InChI is InChI=1S/C15H16N2O/c18-15(12-16-8-3-4-9-16)17-10-7-13-5-1-2-6-14(13)11-17/h1-6,8-9H,7,10-12H2. The lowest BCUT2D eigenvalue weighted by molar-refractivity contribution is -0.132. The second kappa shape index (κ2) is 4.69. The van der Waals surface area contributed by atoms with Gasteiger partial charge in [-0.15, -0.1) is 0 Å². The minimum absolute atomic E-state index is 0.195. The zero-order chi connectivity index (χ0) is 12.4. The molecule has 0 spiro atoms. The Kier molecular flexibility index (Phi) is 2.89. The highest BCUT2D eigenvalue weighted by Gasteiger charge is 2.19. The molecule has 1 aliphatic rings. The predicted molar refractivity (Wildman–Crippen MR) is 70.0 cm³/mol. The number of hydrogen-bond acceptors (Lipinski definition) is 1. The zero-order valence-electron chi connectivity index (χ0n) is 10.2. The van der Waals surface area contributed by atoms with Gasteiger partial charge in [0, 0.05) is 25.5 Å². The van der Waals surface area contributed by atoms with Gasteiger partial charge in [-0.1, -0.05) is 24.3 Å². The SMILES string of the molecule is O=C(Cn1cccc1)N1CCc2ccccc2C1. The van der Waals surface area contributed by atoms with Crippen molar-refractivity contribution in [1.82, 2.24) is 9.47 Å². The highest BCUT2D eigenvalue weighted by molar-refractivity contribution is 5.76. The van der Waals surface area contributed by atoms with Crippen LogP contribution in [0.25, 0.3) is 0 Å². The van der Waals surface area contributed by atoms with Gasteiger partial charge in [0.2, 0.25) is 5.91 Å². The van der Waals surface area contributed by atoms with Crippen LogP contribution in [0.3, 0.4) is 0 Å². The van der Waals surface area contributed by atoms with E-state index in [1.54, 1.807) is 0 Å². The minimum Gasteiger partial charge on any atom is -0.345 e. The molecule has 0 aliphatic carbocycles. The molecule has 2 heterocycles. The summed E-state index contributed by atoms with van der Waals surface area (Å²) in [5.41, 5.74) is 2.66. The van der Waals surface area contributed by atoms with Crippen LogP contribution in [0.5, 0.6) is 0 Å². The van der Waals surface area contributed by atoms with Crippen molar-refractivity contribution in [3.05, 3.63) is 59.9 Å². The van der Waals surface area contributed by atoms with E-state index in [4.69, 9.17) is 0 Å². The summed E-state index contributed by atoms with van der Waals surface area (Å²) in [5.74, 6) is 0.195. The molecular weight excluding hydrogens is 224 g/mol. The van der Waals surface area contributed by atoms with Crippen LogP contribution in [0.15, 0.2) is 48.8 Å². The third kappa shape index (κ3) is 2.16. The number of carbonyl (C=O) groups excluding carboxylic acids is 1. The van der Waals surface area contributed by atoms with Gasteiger partial charge >= 0.3 is 0 Å². The number of amides is 1. The van der Waals surface area contributed by atoms with E-state index in [0.29, 0.717) is 6.54 Å². The average molecular weight is 240 g/mol. The Morgan fingerprint density at radius 3 is 2.56 bits per heavy atom. The minimum atomic E-state index is 0.195. The number of aromatic nitrogens is 1. The summed E-state index contributed by atoms with van der Waals surface area (Å²) in [5, 5.41) is 0. The van der Waals surface area contributed by atoms with Crippen LogP contribution in [-0.2, 0) is 24.3 Å². The van der Waals surface area contributed by atoms with Gasteiger partial charge in [-0.2, -0.15) is 0 Å². The molecule has 1 amide bonds. The van der Waals surface area contributed by atoms with Gasteiger partial charge in [0.15, 0.2) is 0 Å². The fourth-order valence-corrected chi connectivity index (χ4v) is 2.44. The predicted octanol–water partition coefficient (Wildman–Crippen LogP) is 2.07. The summed E-state index contributed by atoms with van der Waals surface area (Å²) in [6, 6.07) is 12.3. The van der Waals surface area contributed by atoms with Crippen molar-refractivity contribution in [2.45, 2.75) is 19.5 Å². The third-order valence-corrected chi connectivity index (χ3v) is 3.47. The van der Waals surface area contributed by atoms with Crippen LogP contribution in [0.1, 0.15) is 11.1 Å². The normalized spacial score (nSPS) is 14.3. The number of rotatable bonds is 2. The maximum atomic E-state index is 12.2. The van der Waals surface area contributed by atoms with E-state index < -0.39 is 0 Å². The molecule has 0 unspecified atom stereocenters. The van der Waals surface area contributed by atoms with Crippen LogP contribution >= 0.6 is 0 Å². The second-order valence-electron chi connectivity index (χ2n) is 4.69. The van der Waals surface area contributed by atoms with Gasteiger partial charge in [-0.25, -0.2) is 0 Å². The molecule has 3 rings (SSSR count). The highest BCUT2D eigenvalue weighted by atomic mass is 16.2. The first kappa shape index (κ1) is 11.1. The summed E-state index contributed by atoms with van der Waals surface area (Å²) >= 11 is 0. The van der Waals surface area contributed by atoms with Gasteiger partial charge in [-0.3, -0.25) is 4.79 Å². The molecule has 0 N–H and O–H groups in total. The van der Waals surface area contributed by atoms with E-state index in [0.717, 1.165) is 19.5 Å². The Morgan fingerprint density at radius 2 is 1.78 bits per heavy atom. The molecule has 92 valence electrons. The van der Waals surface area contributed by atoms with E-state index in [1.165, 1.54) is 11.1 Å². The number of fused-ring (bicyclic) bond motifs is 1. The summed E-state index contributed by atoms with van der Waals surface area (Å²) < 4.78 is 1.92. The van der Waals surface area contributed by atoms with E-state index in [9.17, 15) is 4.79 Å². The maximum absolute atomic E-state index is 12.2. The first-order valence-corrected chi connectivity index (χ1v) is 6.28. The van der Waals surface area contributed by atoms with Gasteiger partial charge in [0.25, 0.3) is 0 Å². The molecular formula is C15H16N2O. The lowest BCUT2D eigenvalue weighted by atomic mass is 10.00. The van der Waals surface area contributed by atoms with Crippen LogP contribution in [0, 0.1) is 0 Å². The molecule has 1 aromatic heterocycles. The molecule has 0 atom stereocenters. The first-order chi connectivity index (χ1) is 8.83. The fourth-order valence-electron chi connectivity index (χ4n) is 2.44. The number of hydrogen-bond donors (Lipinski definition) is 0. The molecule has 3 nitrogen and oxygen atoms in total. The Hall–Kier alpha value is -2.03. The average Bonchev–Trinajstić information content (AvgIpc) is 2.91. The summed E-state index contributed by atoms with van der Waals surface area (Å²) in [6.45, 7) is 2.02. The summed E-state index contributed by atoms with van der Waals surface area (Å²) in [6.07, 6.45) is 4.82. The van der Waals surface area contributed by atoms with E-state index in [2.05, 4.69) is 18.2 Å². The molecule has 18 heavy (non-hydrogen) atoms. The van der Waals surface area contributed by atoms with Crippen molar-refractivity contribution < 1.29 is 4.79 Å². The van der Waals surface area contributed by atoms with Gasteiger partial charge in [0.1, 0.15) is 6.54 Å². The van der Waals surface area contributed by atoms with E-state index >= 15 is 0 Å². The summed E-state index contributed by atoms with van der Waals surface area (Å²) in [4.78, 5) is 14.1. The third-order valence-electron chi connectivity index (χ3n) is 3.47. The first-order valence-electron chi connectivity index (χ1n) is 6.28. The Labute approximate surface area is 107 Å². The lowest BCUT2D eigenvalue weighted by Crippen LogP contribution is -2.37. The highest BCUT2D eigenvalue weighted by Crippen LogP contribution is 2.18. The van der Waals surface area contributed by atoms with Crippen LogP contribution in [0.2, 0.25) is 0 Å². The van der Waals surface area contributed by atoms with Crippen molar-refractivity contribution >= 4 is 5.91 Å². The Bertz CT molecular complexity index is 545. The monoisotopic (exact) mass is 240 g/mol. The molecule has 0 saturated heterocycles. The van der Waals surface area contributed by atoms with E-state index in [1.807, 2.05) is 40.1 Å². The molecule has 1 aromatic carbocycles. The van der Waals surface area contributed by atoms with Crippen molar-refractivity contribution in [2.75, 3.05) is 6.54 Å². The van der Waals surface area contributed by atoms with Gasteiger partial charge in [0.05, 0.1) is 0 Å². The second-order valence-corrected chi connectivity index (χ2v) is 4.69. The van der Waals surface area contributed by atoms with Crippen molar-refractivity contribution in [2.24, 2.45) is 0 Å². The zero-order valence-corrected chi connectivity index (χ0v) is 10.2. The van der Waals surface area contributed by atoms with Gasteiger partial charge in [-0.05, 0) is 29.7 Å². The topological polar surface area (TPSA) is 25.2 Å². The quantitative estimate of drug-likeness (QED) is 0.789. The Morgan fingerprint density at radius 1 is 1.06 bits per heavy atom. The lowest BCUT2D eigenvalue weighted by Gasteiger charge is -2.29. The number of carbonyl (C=O) groups is 1. The van der Waals surface area contributed by atoms with Gasteiger partial charge < -0.3 is 9.47 Å². The van der Waals surface area contributed by atoms with Crippen LogP contribution in [0.4, 0.5) is 0 Å². The van der Waals surface area contributed by atoms with Crippen molar-refractivity contribution in [1.29, 1.82) is 0 Å². The molecule has 0 radical (unpaired) electrons. The van der Waals surface area contributed by atoms with Crippen LogP contribution in [-0.4, -0.2) is 21.9 Å². The number of benzene rings is 1. The molecule has 1 aliphatic heterocycles. The molecule has 0 fully saturated rings. The fraction of sp³-hybridized carbons (Fsp3) is 0.267. The van der Waals surface area contributed by atoms with Crippen molar-refractivity contribution in [3.63, 3.8) is 0 Å². The molecule has 3 heteroatoms. The Balaban J connectivity index is 1.70. The molecule has 0 bridgehead atoms. The smallest absolute Gasteiger partial charge is 0.242 e. The number of nitrogens with zero attached hydrogens (tertiary/aromatic N) is 2. The largest absolute Gasteiger partial charge is 0.345 e.